The highest BCUT2D eigenvalue weighted by molar-refractivity contribution is 5.80. The lowest BCUT2D eigenvalue weighted by Gasteiger charge is -2.17. The first-order valence-electron chi connectivity index (χ1n) is 3.60. The van der Waals surface area contributed by atoms with E-state index in [0.29, 0.717) is 0 Å². The predicted octanol–water partition coefficient (Wildman–Crippen LogP) is 1.22. The molecule has 0 aromatic heterocycles. The maximum Gasteiger partial charge on any atom is 0.0556 e. The monoisotopic (exact) mass is 134 g/mol. The molecule has 0 unspecified atom stereocenters. The van der Waals surface area contributed by atoms with E-state index in [9.17, 15) is 0 Å². The summed E-state index contributed by atoms with van der Waals surface area (Å²) in [6, 6.07) is 0. The van der Waals surface area contributed by atoms with Gasteiger partial charge in [0.25, 0.3) is 0 Å². The topological polar surface area (TPSA) is 24.4 Å². The van der Waals surface area contributed by atoms with Crippen LogP contribution in [-0.4, -0.2) is 12.8 Å². The van der Waals surface area contributed by atoms with Gasteiger partial charge in [0.15, 0.2) is 0 Å². The molecule has 2 aliphatic heterocycles. The third kappa shape index (κ3) is 0.856. The summed E-state index contributed by atoms with van der Waals surface area (Å²) in [7, 11) is 0. The first-order valence-corrected chi connectivity index (χ1v) is 3.60. The molecule has 0 aromatic rings. The fourth-order valence-corrected chi connectivity index (χ4v) is 1.28. The molecule has 0 aliphatic carbocycles. The van der Waals surface area contributed by atoms with Gasteiger partial charge in [0, 0.05) is 12.8 Å². The van der Waals surface area contributed by atoms with Gasteiger partial charge in [-0.05, 0) is 24.6 Å². The first-order chi connectivity index (χ1) is 4.97. The van der Waals surface area contributed by atoms with Crippen LogP contribution in [0.4, 0.5) is 0 Å². The molecule has 0 spiro atoms. The third-order valence-corrected chi connectivity index (χ3v) is 1.86. The van der Waals surface area contributed by atoms with Crippen LogP contribution in [0, 0.1) is 0 Å². The van der Waals surface area contributed by atoms with E-state index in [1.165, 1.54) is 11.3 Å². The molecule has 2 aliphatic rings. The summed E-state index contributed by atoms with van der Waals surface area (Å²) < 4.78 is 0. The second-order valence-corrected chi connectivity index (χ2v) is 2.55. The molecule has 10 heavy (non-hydrogen) atoms. The zero-order chi connectivity index (χ0) is 6.81. The van der Waals surface area contributed by atoms with Crippen LogP contribution >= 0.6 is 0 Å². The van der Waals surface area contributed by atoms with Gasteiger partial charge >= 0.3 is 0 Å². The van der Waals surface area contributed by atoms with Crippen LogP contribution in [-0.2, 0) is 0 Å². The lowest BCUT2D eigenvalue weighted by molar-refractivity contribution is 0.850. The van der Waals surface area contributed by atoms with Crippen LogP contribution in [0.2, 0.25) is 0 Å². The number of aliphatic imine (C=N–C) groups is 1. The Morgan fingerprint density at radius 2 is 2.50 bits per heavy atom. The second-order valence-electron chi connectivity index (χ2n) is 2.55. The second kappa shape index (κ2) is 2.29. The van der Waals surface area contributed by atoms with Gasteiger partial charge in [-0.25, -0.2) is 0 Å². The molecule has 1 N–H and O–H groups in total. The predicted molar refractivity (Wildman–Crippen MR) is 41.9 cm³/mol. The van der Waals surface area contributed by atoms with Crippen molar-refractivity contribution in [3.63, 3.8) is 0 Å². The van der Waals surface area contributed by atoms with Crippen molar-refractivity contribution in [3.8, 4) is 0 Å². The molecule has 52 valence electrons. The quantitative estimate of drug-likeness (QED) is 0.529. The van der Waals surface area contributed by atoms with Crippen molar-refractivity contribution in [2.75, 3.05) is 6.54 Å². The van der Waals surface area contributed by atoms with Crippen molar-refractivity contribution in [1.82, 2.24) is 5.32 Å². The van der Waals surface area contributed by atoms with Crippen molar-refractivity contribution >= 4 is 6.21 Å². The van der Waals surface area contributed by atoms with Crippen LogP contribution in [0.3, 0.4) is 0 Å². The number of allylic oxidation sites excluding steroid dienone is 2. The van der Waals surface area contributed by atoms with Gasteiger partial charge in [-0.1, -0.05) is 6.08 Å². The highest BCUT2D eigenvalue weighted by atomic mass is 14.9. The van der Waals surface area contributed by atoms with Crippen molar-refractivity contribution in [2.45, 2.75) is 12.8 Å². The van der Waals surface area contributed by atoms with Crippen molar-refractivity contribution in [3.05, 3.63) is 23.5 Å². The molecule has 0 aromatic carbocycles. The van der Waals surface area contributed by atoms with E-state index in [2.05, 4.69) is 16.4 Å². The summed E-state index contributed by atoms with van der Waals surface area (Å²) in [6.45, 7) is 0.967. The van der Waals surface area contributed by atoms with Gasteiger partial charge in [0.2, 0.25) is 0 Å². The summed E-state index contributed by atoms with van der Waals surface area (Å²) in [4.78, 5) is 4.18. The Balaban J connectivity index is 2.25. The van der Waals surface area contributed by atoms with Crippen molar-refractivity contribution < 1.29 is 0 Å². The fraction of sp³-hybridized carbons (Fsp3) is 0.375. The molecule has 2 heterocycles. The summed E-state index contributed by atoms with van der Waals surface area (Å²) in [5.41, 5.74) is 2.71. The lowest BCUT2D eigenvalue weighted by Crippen LogP contribution is -2.16. The summed E-state index contributed by atoms with van der Waals surface area (Å²) in [6.07, 6.45) is 8.30. The molecule has 0 amide bonds. The number of hydrogen-bond donors (Lipinski definition) is 1. The molecule has 0 radical (unpaired) electrons. The summed E-state index contributed by atoms with van der Waals surface area (Å²) >= 11 is 0. The molecule has 0 fully saturated rings. The average molecular weight is 134 g/mol. The molecule has 0 saturated heterocycles. The van der Waals surface area contributed by atoms with E-state index >= 15 is 0 Å². The summed E-state index contributed by atoms with van der Waals surface area (Å²) in [5, 5.41) is 3.17. The SMILES string of the molecule is C1=CNC2=C(C1)CCN=C2. The highest BCUT2D eigenvalue weighted by Gasteiger charge is 2.08. The smallest absolute Gasteiger partial charge is 0.0556 e. The first kappa shape index (κ1) is 5.71. The minimum atomic E-state index is 0.967. The van der Waals surface area contributed by atoms with Gasteiger partial charge in [-0.2, -0.15) is 0 Å². The van der Waals surface area contributed by atoms with Crippen LogP contribution in [0.15, 0.2) is 28.5 Å². The Morgan fingerprint density at radius 3 is 3.40 bits per heavy atom. The van der Waals surface area contributed by atoms with E-state index in [1.807, 2.05) is 12.4 Å². The van der Waals surface area contributed by atoms with Crippen LogP contribution in [0.5, 0.6) is 0 Å². The number of hydrogen-bond acceptors (Lipinski definition) is 2. The normalized spacial score (nSPS) is 22.4. The highest BCUT2D eigenvalue weighted by Crippen LogP contribution is 2.17. The lowest BCUT2D eigenvalue weighted by atomic mass is 10.0. The number of nitrogens with zero attached hydrogens (tertiary/aromatic N) is 1. The Hall–Kier alpha value is -1.05. The Morgan fingerprint density at radius 1 is 1.50 bits per heavy atom. The minimum Gasteiger partial charge on any atom is -0.361 e. The molecular formula is C8H10N2. The minimum absolute atomic E-state index is 0.967. The number of rotatable bonds is 0. The zero-order valence-electron chi connectivity index (χ0n) is 5.80. The molecule has 0 atom stereocenters. The van der Waals surface area contributed by atoms with Gasteiger partial charge < -0.3 is 5.32 Å². The van der Waals surface area contributed by atoms with Crippen molar-refractivity contribution in [2.24, 2.45) is 4.99 Å². The maximum atomic E-state index is 4.18. The van der Waals surface area contributed by atoms with Crippen LogP contribution < -0.4 is 5.32 Å². The Kier molecular flexibility index (Phi) is 1.31. The van der Waals surface area contributed by atoms with Gasteiger partial charge in [-0.15, -0.1) is 0 Å². The maximum absolute atomic E-state index is 4.18. The van der Waals surface area contributed by atoms with Gasteiger partial charge in [-0.3, -0.25) is 4.99 Å². The molecule has 0 bridgehead atoms. The number of dihydropyridines is 2. The van der Waals surface area contributed by atoms with Gasteiger partial charge in [0.1, 0.15) is 0 Å². The van der Waals surface area contributed by atoms with Crippen LogP contribution in [0.25, 0.3) is 0 Å². The molecule has 2 heteroatoms. The standard InChI is InChI=1S/C8H10N2/c1-2-7-3-5-9-6-8(7)10-4-1/h1,4,6,10H,2-3,5H2. The molecule has 2 rings (SSSR count). The molecule has 2 nitrogen and oxygen atoms in total. The molecular weight excluding hydrogens is 124 g/mol. The van der Waals surface area contributed by atoms with Gasteiger partial charge in [0.05, 0.1) is 5.70 Å². The van der Waals surface area contributed by atoms with Crippen LogP contribution in [0.1, 0.15) is 12.8 Å². The fourth-order valence-electron chi connectivity index (χ4n) is 1.28. The Bertz CT molecular complexity index is 223. The van der Waals surface area contributed by atoms with E-state index in [-0.39, 0.29) is 0 Å². The number of nitrogens with one attached hydrogen (secondary N) is 1. The van der Waals surface area contributed by atoms with E-state index < -0.39 is 0 Å². The van der Waals surface area contributed by atoms with E-state index in [0.717, 1.165) is 19.4 Å². The summed E-state index contributed by atoms with van der Waals surface area (Å²) in [5.74, 6) is 0. The molecule has 0 saturated carbocycles. The third-order valence-electron chi connectivity index (χ3n) is 1.86. The van der Waals surface area contributed by atoms with E-state index in [1.54, 1.807) is 0 Å². The Labute approximate surface area is 60.3 Å². The zero-order valence-corrected chi connectivity index (χ0v) is 5.80. The largest absolute Gasteiger partial charge is 0.361 e. The van der Waals surface area contributed by atoms with E-state index in [4.69, 9.17) is 0 Å². The van der Waals surface area contributed by atoms with Crippen molar-refractivity contribution in [1.29, 1.82) is 0 Å². The average Bonchev–Trinajstić information content (AvgIpc) is 2.05.